The van der Waals surface area contributed by atoms with Crippen molar-refractivity contribution in [1.82, 2.24) is 29.1 Å². The number of aromatic hydroxyl groups is 2. The smallest absolute Gasteiger partial charge is 0.348 e. The highest BCUT2D eigenvalue weighted by Crippen LogP contribution is 2.35. The summed E-state index contributed by atoms with van der Waals surface area (Å²) >= 11 is 2.12. The van der Waals surface area contributed by atoms with Crippen molar-refractivity contribution >= 4 is 56.7 Å². The zero-order valence-electron chi connectivity index (χ0n) is 24.5. The molecule has 0 aliphatic carbocycles. The van der Waals surface area contributed by atoms with Crippen LogP contribution in [-0.2, 0) is 0 Å². The number of phenols is 2. The van der Waals surface area contributed by atoms with E-state index < -0.39 is 11.9 Å². The van der Waals surface area contributed by atoms with Crippen molar-refractivity contribution < 1.29 is 30.0 Å². The molecular formula is C34H22N6O6S2. The van der Waals surface area contributed by atoms with Gasteiger partial charge in [0.25, 0.3) is 0 Å². The number of carboxylic acid groups (broad SMARTS) is 2. The molecule has 0 radical (unpaired) electrons. The Labute approximate surface area is 278 Å². The van der Waals surface area contributed by atoms with Crippen molar-refractivity contribution in [3.63, 3.8) is 0 Å². The fourth-order valence-electron chi connectivity index (χ4n) is 5.07. The molecule has 0 aliphatic rings. The summed E-state index contributed by atoms with van der Waals surface area (Å²) in [5, 5.41) is 39.9. The Bertz CT molecular complexity index is 2450. The molecule has 4 aromatic carbocycles. The number of carboxylic acids is 2. The number of hydrogen-bond donors (Lipinski definition) is 4. The van der Waals surface area contributed by atoms with Gasteiger partial charge < -0.3 is 20.4 Å². The van der Waals surface area contributed by atoms with Gasteiger partial charge in [-0.2, -0.15) is 0 Å². The highest BCUT2D eigenvalue weighted by molar-refractivity contribution is 7.16. The van der Waals surface area contributed by atoms with Gasteiger partial charge >= 0.3 is 11.9 Å². The highest BCUT2D eigenvalue weighted by Gasteiger charge is 2.22. The number of nitrogens with zero attached hydrogens (tertiary/aromatic N) is 6. The van der Waals surface area contributed by atoms with Gasteiger partial charge in [-0.3, -0.25) is 9.13 Å². The third kappa shape index (κ3) is 5.50. The average molecular weight is 675 g/mol. The lowest BCUT2D eigenvalue weighted by Gasteiger charge is -2.01. The van der Waals surface area contributed by atoms with Crippen LogP contribution in [0.3, 0.4) is 0 Å². The number of aromatic carboxylic acids is 2. The number of thiazole rings is 2. The van der Waals surface area contributed by atoms with Gasteiger partial charge in [-0.1, -0.05) is 95.5 Å². The van der Waals surface area contributed by atoms with E-state index in [2.05, 4.69) is 19.9 Å². The molecule has 0 atom stereocenters. The minimum Gasteiger partial charge on any atom is -0.506 e. The zero-order chi connectivity index (χ0) is 33.4. The average Bonchev–Trinajstić information content (AvgIpc) is 3.90. The summed E-state index contributed by atoms with van der Waals surface area (Å²) < 4.78 is 3.28. The van der Waals surface area contributed by atoms with Gasteiger partial charge in [-0.05, 0) is 24.3 Å². The van der Waals surface area contributed by atoms with Crippen LogP contribution in [0.1, 0.15) is 19.3 Å². The molecular weight excluding hydrogens is 653 g/mol. The van der Waals surface area contributed by atoms with Crippen LogP contribution in [0.4, 0.5) is 0 Å². The predicted molar refractivity (Wildman–Crippen MR) is 182 cm³/mol. The first-order chi connectivity index (χ1) is 23.3. The topological polar surface area (TPSA) is 176 Å². The second-order valence-corrected chi connectivity index (χ2v) is 12.2. The van der Waals surface area contributed by atoms with Crippen molar-refractivity contribution in [3.05, 3.63) is 119 Å². The van der Waals surface area contributed by atoms with Gasteiger partial charge in [0.15, 0.2) is 10.3 Å². The van der Waals surface area contributed by atoms with E-state index in [1.807, 2.05) is 60.7 Å². The Balaban J connectivity index is 0.000000152. The van der Waals surface area contributed by atoms with Crippen molar-refractivity contribution in [3.8, 4) is 44.3 Å². The van der Waals surface area contributed by atoms with Gasteiger partial charge in [-0.15, -0.1) is 0 Å². The lowest BCUT2D eigenvalue weighted by Crippen LogP contribution is -1.95. The first-order valence-electron chi connectivity index (χ1n) is 14.2. The van der Waals surface area contributed by atoms with Gasteiger partial charge in [0.2, 0.25) is 0 Å². The molecule has 0 saturated heterocycles. The Morgan fingerprint density at radius 1 is 0.583 bits per heavy atom. The van der Waals surface area contributed by atoms with Crippen LogP contribution < -0.4 is 0 Å². The van der Waals surface area contributed by atoms with E-state index in [9.17, 15) is 30.0 Å². The molecule has 0 saturated carbocycles. The number of imidazole rings is 2. The van der Waals surface area contributed by atoms with Crippen LogP contribution in [-0.4, -0.2) is 61.4 Å². The Morgan fingerprint density at radius 3 is 1.69 bits per heavy atom. The molecule has 0 spiro atoms. The third-order valence-electron chi connectivity index (χ3n) is 7.23. The summed E-state index contributed by atoms with van der Waals surface area (Å²) in [4.78, 5) is 40.9. The number of carbonyl (C=O) groups is 2. The molecule has 0 amide bonds. The Morgan fingerprint density at radius 2 is 1.10 bits per heavy atom. The van der Waals surface area contributed by atoms with Gasteiger partial charge in [0, 0.05) is 11.1 Å². The van der Waals surface area contributed by atoms with Crippen LogP contribution in [0, 0.1) is 0 Å². The summed E-state index contributed by atoms with van der Waals surface area (Å²) in [5.74, 6) is -1.92. The number of rotatable bonds is 6. The van der Waals surface area contributed by atoms with E-state index >= 15 is 0 Å². The van der Waals surface area contributed by atoms with Crippen LogP contribution in [0.15, 0.2) is 110 Å². The number of hydrogen-bond acceptors (Lipinski definition) is 10. The van der Waals surface area contributed by atoms with Gasteiger partial charge in [0.1, 0.15) is 44.9 Å². The predicted octanol–water partition coefficient (Wildman–Crippen LogP) is 7.11. The van der Waals surface area contributed by atoms with E-state index in [-0.39, 0.29) is 21.3 Å². The fraction of sp³-hybridized carbons (Fsp3) is 0. The molecule has 4 N–H and O–H groups in total. The largest absolute Gasteiger partial charge is 0.506 e. The van der Waals surface area contributed by atoms with Crippen molar-refractivity contribution in [2.45, 2.75) is 0 Å². The summed E-state index contributed by atoms with van der Waals surface area (Å²) in [6, 6.07) is 28.4. The van der Waals surface area contributed by atoms with E-state index in [0.29, 0.717) is 43.7 Å². The second kappa shape index (κ2) is 12.4. The minimum atomic E-state index is -1.04. The molecule has 8 rings (SSSR count). The van der Waals surface area contributed by atoms with E-state index in [1.165, 1.54) is 12.7 Å². The minimum absolute atomic E-state index is 0.0679. The summed E-state index contributed by atoms with van der Waals surface area (Å²) in [6.45, 7) is 0. The molecule has 4 heterocycles. The maximum atomic E-state index is 11.6. The van der Waals surface area contributed by atoms with E-state index in [4.69, 9.17) is 0 Å². The molecule has 4 aromatic heterocycles. The number of benzene rings is 4. The normalized spacial score (nSPS) is 11.0. The van der Waals surface area contributed by atoms with Crippen molar-refractivity contribution in [2.24, 2.45) is 0 Å². The SMILES string of the molecule is O=C(O)c1sc(-n2cnc3c(O)cccc32)nc1-c1ccccc1.O=C(O)c1sc(-n2cnc3cccc(O)c32)nc1-c1ccccc1. The van der Waals surface area contributed by atoms with Crippen LogP contribution >= 0.6 is 22.7 Å². The lowest BCUT2D eigenvalue weighted by molar-refractivity contribution is 0.0691. The molecule has 14 heteroatoms. The molecule has 0 aliphatic heterocycles. The number of fused-ring (bicyclic) bond motifs is 2. The fourth-order valence-corrected chi connectivity index (χ4v) is 6.88. The second-order valence-electron chi connectivity index (χ2n) is 10.2. The van der Waals surface area contributed by atoms with Crippen LogP contribution in [0.25, 0.3) is 54.8 Å². The maximum Gasteiger partial charge on any atom is 0.348 e. The highest BCUT2D eigenvalue weighted by atomic mass is 32.1. The first-order valence-corrected chi connectivity index (χ1v) is 15.8. The van der Waals surface area contributed by atoms with Gasteiger partial charge in [-0.25, -0.2) is 29.5 Å². The standard InChI is InChI=1S/2C17H11N3O3S/c21-12-8-4-7-11-14(12)18-9-20(11)17-19-13(15(24-17)16(22)23)10-5-2-1-3-6-10;21-12-8-4-7-11-14(12)20(9-18-11)17-19-13(15(24-17)16(22)23)10-5-2-1-3-6-10/h2*1-9,21H,(H,22,23). The Hall–Kier alpha value is -6.38. The van der Waals surface area contributed by atoms with E-state index in [1.54, 1.807) is 45.5 Å². The molecule has 12 nitrogen and oxygen atoms in total. The number of aromatic nitrogens is 6. The monoisotopic (exact) mass is 674 g/mol. The van der Waals surface area contributed by atoms with Gasteiger partial charge in [0.05, 0.1) is 22.4 Å². The maximum absolute atomic E-state index is 11.6. The van der Waals surface area contributed by atoms with Crippen molar-refractivity contribution in [2.75, 3.05) is 0 Å². The molecule has 8 aromatic rings. The molecule has 0 fully saturated rings. The lowest BCUT2D eigenvalue weighted by atomic mass is 10.1. The number of para-hydroxylation sites is 2. The summed E-state index contributed by atoms with van der Waals surface area (Å²) in [5.41, 5.74) is 4.53. The molecule has 236 valence electrons. The molecule has 0 unspecified atom stereocenters. The molecule has 48 heavy (non-hydrogen) atoms. The summed E-state index contributed by atoms with van der Waals surface area (Å²) in [7, 11) is 0. The molecule has 0 bridgehead atoms. The van der Waals surface area contributed by atoms with Crippen molar-refractivity contribution in [1.29, 1.82) is 0 Å². The van der Waals surface area contributed by atoms with Crippen LogP contribution in [0.2, 0.25) is 0 Å². The van der Waals surface area contributed by atoms with E-state index in [0.717, 1.165) is 33.8 Å². The Kier molecular flexibility index (Phi) is 7.84. The summed E-state index contributed by atoms with van der Waals surface area (Å²) in [6.07, 6.45) is 3.06. The first kappa shape index (κ1) is 30.3. The third-order valence-corrected chi connectivity index (χ3v) is 9.31. The quantitative estimate of drug-likeness (QED) is 0.142. The zero-order valence-corrected chi connectivity index (χ0v) is 26.1. The van der Waals surface area contributed by atoms with Crippen LogP contribution in [0.5, 0.6) is 11.5 Å². The number of phenolic OH excluding ortho intramolecular Hbond substituents is 2.